The summed E-state index contributed by atoms with van der Waals surface area (Å²) in [7, 11) is 0. The van der Waals surface area contributed by atoms with Gasteiger partial charge in [-0.25, -0.2) is 4.79 Å². The Kier molecular flexibility index (Phi) is 5.96. The fourth-order valence-electron chi connectivity index (χ4n) is 3.73. The van der Waals surface area contributed by atoms with Gasteiger partial charge in [0.1, 0.15) is 0 Å². The average molecular weight is 330 g/mol. The second-order valence-corrected chi connectivity index (χ2v) is 7.09. The van der Waals surface area contributed by atoms with Crippen LogP contribution in [0.25, 0.3) is 0 Å². The summed E-state index contributed by atoms with van der Waals surface area (Å²) in [6.45, 7) is 9.79. The number of amides is 2. The Balaban J connectivity index is 1.36. The normalized spacial score (nSPS) is 22.5. The lowest BCUT2D eigenvalue weighted by Gasteiger charge is -2.36. The highest BCUT2D eigenvalue weighted by Gasteiger charge is 2.21. The van der Waals surface area contributed by atoms with Crippen molar-refractivity contribution in [2.24, 2.45) is 5.92 Å². The number of hydrogen-bond donors (Lipinski definition) is 1. The predicted molar refractivity (Wildman–Crippen MR) is 98.5 cm³/mol. The highest BCUT2D eigenvalue weighted by molar-refractivity contribution is 5.74. The highest BCUT2D eigenvalue weighted by Crippen LogP contribution is 2.16. The van der Waals surface area contributed by atoms with Gasteiger partial charge in [-0.1, -0.05) is 25.1 Å². The van der Waals surface area contributed by atoms with Crippen LogP contribution in [0.3, 0.4) is 0 Å². The van der Waals surface area contributed by atoms with Crippen LogP contribution >= 0.6 is 0 Å². The van der Waals surface area contributed by atoms with Crippen LogP contribution in [0.15, 0.2) is 30.3 Å². The number of anilines is 1. The molecule has 2 amide bonds. The first-order valence-corrected chi connectivity index (χ1v) is 9.27. The Bertz CT molecular complexity index is 513. The molecule has 2 saturated heterocycles. The maximum Gasteiger partial charge on any atom is 0.317 e. The number of urea groups is 1. The van der Waals surface area contributed by atoms with E-state index in [-0.39, 0.29) is 6.03 Å². The summed E-state index contributed by atoms with van der Waals surface area (Å²) in [4.78, 5) is 19.1. The van der Waals surface area contributed by atoms with E-state index in [0.717, 1.165) is 45.2 Å². The molecule has 1 aromatic carbocycles. The monoisotopic (exact) mass is 330 g/mol. The molecule has 0 radical (unpaired) electrons. The lowest BCUT2D eigenvalue weighted by molar-refractivity contribution is 0.175. The van der Waals surface area contributed by atoms with Gasteiger partial charge in [0.2, 0.25) is 0 Å². The third kappa shape index (κ3) is 4.63. The fraction of sp³-hybridized carbons (Fsp3) is 0.632. The van der Waals surface area contributed by atoms with Gasteiger partial charge in [0.25, 0.3) is 0 Å². The van der Waals surface area contributed by atoms with E-state index in [2.05, 4.69) is 46.3 Å². The summed E-state index contributed by atoms with van der Waals surface area (Å²) in [6.07, 6.45) is 2.63. The Labute approximate surface area is 145 Å². The number of benzene rings is 1. The molecular formula is C19H30N4O. The van der Waals surface area contributed by atoms with E-state index in [1.54, 1.807) is 0 Å². The number of carbonyl (C=O) groups is 1. The molecule has 0 aromatic heterocycles. The summed E-state index contributed by atoms with van der Waals surface area (Å²) in [5.41, 5.74) is 1.25. The number of piperidine rings is 1. The first kappa shape index (κ1) is 17.1. The molecule has 0 aliphatic carbocycles. The zero-order chi connectivity index (χ0) is 16.8. The van der Waals surface area contributed by atoms with Gasteiger partial charge in [0.15, 0.2) is 0 Å². The minimum Gasteiger partial charge on any atom is -0.368 e. The van der Waals surface area contributed by atoms with Crippen molar-refractivity contribution in [1.29, 1.82) is 0 Å². The number of nitrogens with zero attached hydrogens (tertiary/aromatic N) is 3. The minimum atomic E-state index is 0.0905. The molecule has 2 fully saturated rings. The second kappa shape index (κ2) is 8.38. The average Bonchev–Trinajstić information content (AvgIpc) is 2.63. The molecule has 5 heteroatoms. The van der Waals surface area contributed by atoms with Crippen LogP contribution in [-0.2, 0) is 0 Å². The van der Waals surface area contributed by atoms with Crippen LogP contribution in [0.5, 0.6) is 0 Å². The van der Waals surface area contributed by atoms with Crippen molar-refractivity contribution >= 4 is 11.7 Å². The molecule has 1 atom stereocenters. The molecule has 1 N–H and O–H groups in total. The number of rotatable bonds is 4. The molecule has 1 aromatic rings. The van der Waals surface area contributed by atoms with Crippen molar-refractivity contribution in [3.8, 4) is 0 Å². The Hall–Kier alpha value is -1.75. The van der Waals surface area contributed by atoms with E-state index < -0.39 is 0 Å². The Morgan fingerprint density at radius 2 is 1.88 bits per heavy atom. The van der Waals surface area contributed by atoms with E-state index in [1.807, 2.05) is 11.0 Å². The molecule has 1 unspecified atom stereocenters. The molecule has 0 saturated carbocycles. The van der Waals surface area contributed by atoms with E-state index in [4.69, 9.17) is 0 Å². The molecule has 2 heterocycles. The first-order chi connectivity index (χ1) is 11.7. The lowest BCUT2D eigenvalue weighted by atomic mass is 10.0. The standard InChI is InChI=1S/C19H30N4O/c1-17-6-5-10-21(16-17)11-9-20-19(24)23-14-12-22(13-15-23)18-7-3-2-4-8-18/h2-4,7-8,17H,5-6,9-16H2,1H3,(H,20,24). The van der Waals surface area contributed by atoms with E-state index in [1.165, 1.54) is 31.6 Å². The number of nitrogens with one attached hydrogen (secondary N) is 1. The third-order valence-electron chi connectivity index (χ3n) is 5.13. The van der Waals surface area contributed by atoms with Crippen LogP contribution in [0.2, 0.25) is 0 Å². The largest absolute Gasteiger partial charge is 0.368 e. The number of carbonyl (C=O) groups excluding carboxylic acids is 1. The molecule has 2 aliphatic rings. The molecule has 0 spiro atoms. The lowest BCUT2D eigenvalue weighted by Crippen LogP contribution is -2.52. The molecule has 3 rings (SSSR count). The first-order valence-electron chi connectivity index (χ1n) is 9.27. The molecule has 2 aliphatic heterocycles. The Morgan fingerprint density at radius 1 is 1.12 bits per heavy atom. The van der Waals surface area contributed by atoms with Gasteiger partial charge in [0, 0.05) is 51.5 Å². The van der Waals surface area contributed by atoms with Gasteiger partial charge in [-0.15, -0.1) is 0 Å². The number of hydrogen-bond acceptors (Lipinski definition) is 3. The quantitative estimate of drug-likeness (QED) is 0.920. The van der Waals surface area contributed by atoms with Crippen molar-refractivity contribution in [3.05, 3.63) is 30.3 Å². The zero-order valence-corrected chi connectivity index (χ0v) is 14.8. The van der Waals surface area contributed by atoms with Gasteiger partial charge in [-0.3, -0.25) is 0 Å². The zero-order valence-electron chi connectivity index (χ0n) is 14.8. The van der Waals surface area contributed by atoms with Crippen molar-refractivity contribution in [2.45, 2.75) is 19.8 Å². The number of para-hydroxylation sites is 1. The van der Waals surface area contributed by atoms with E-state index in [0.29, 0.717) is 0 Å². The van der Waals surface area contributed by atoms with Crippen molar-refractivity contribution in [1.82, 2.24) is 15.1 Å². The van der Waals surface area contributed by atoms with Crippen LogP contribution in [0.1, 0.15) is 19.8 Å². The summed E-state index contributed by atoms with van der Waals surface area (Å²) in [5, 5.41) is 3.10. The molecular weight excluding hydrogens is 300 g/mol. The predicted octanol–water partition coefficient (Wildman–Crippen LogP) is 2.25. The Morgan fingerprint density at radius 3 is 2.58 bits per heavy atom. The number of likely N-dealkylation sites (tertiary alicyclic amines) is 1. The second-order valence-electron chi connectivity index (χ2n) is 7.09. The van der Waals surface area contributed by atoms with Crippen molar-refractivity contribution in [2.75, 3.05) is 57.3 Å². The van der Waals surface area contributed by atoms with Crippen molar-refractivity contribution < 1.29 is 4.79 Å². The summed E-state index contributed by atoms with van der Waals surface area (Å²) < 4.78 is 0. The SMILES string of the molecule is CC1CCCN(CCNC(=O)N2CCN(c3ccccc3)CC2)C1. The molecule has 5 nitrogen and oxygen atoms in total. The van der Waals surface area contributed by atoms with Crippen LogP contribution in [0.4, 0.5) is 10.5 Å². The van der Waals surface area contributed by atoms with Crippen LogP contribution in [0, 0.1) is 5.92 Å². The van der Waals surface area contributed by atoms with Gasteiger partial charge in [0.05, 0.1) is 0 Å². The molecule has 24 heavy (non-hydrogen) atoms. The summed E-state index contributed by atoms with van der Waals surface area (Å²) in [6, 6.07) is 10.5. The van der Waals surface area contributed by atoms with Crippen LogP contribution in [-0.4, -0.2) is 68.2 Å². The minimum absolute atomic E-state index is 0.0905. The van der Waals surface area contributed by atoms with Crippen LogP contribution < -0.4 is 10.2 Å². The van der Waals surface area contributed by atoms with Crippen molar-refractivity contribution in [3.63, 3.8) is 0 Å². The van der Waals surface area contributed by atoms with Gasteiger partial charge in [-0.05, 0) is 37.4 Å². The van der Waals surface area contributed by atoms with E-state index in [9.17, 15) is 4.79 Å². The van der Waals surface area contributed by atoms with Gasteiger partial charge in [-0.2, -0.15) is 0 Å². The smallest absolute Gasteiger partial charge is 0.317 e. The van der Waals surface area contributed by atoms with E-state index >= 15 is 0 Å². The van der Waals surface area contributed by atoms with Gasteiger partial charge >= 0.3 is 6.03 Å². The topological polar surface area (TPSA) is 38.8 Å². The third-order valence-corrected chi connectivity index (χ3v) is 5.13. The van der Waals surface area contributed by atoms with Gasteiger partial charge < -0.3 is 20.0 Å². The highest BCUT2D eigenvalue weighted by atomic mass is 16.2. The summed E-state index contributed by atoms with van der Waals surface area (Å²) >= 11 is 0. The number of piperazine rings is 1. The maximum atomic E-state index is 12.3. The molecule has 132 valence electrons. The molecule has 0 bridgehead atoms. The summed E-state index contributed by atoms with van der Waals surface area (Å²) in [5.74, 6) is 0.792. The maximum absolute atomic E-state index is 12.3. The fourth-order valence-corrected chi connectivity index (χ4v) is 3.73.